The van der Waals surface area contributed by atoms with Crippen LogP contribution in [0.3, 0.4) is 0 Å². The molecule has 5 rings (SSSR count). The van der Waals surface area contributed by atoms with Crippen LogP contribution in [0.2, 0.25) is 10.0 Å². The fourth-order valence-corrected chi connectivity index (χ4v) is 6.50. The molecule has 0 radical (unpaired) electrons. The van der Waals surface area contributed by atoms with Crippen LogP contribution in [0.15, 0.2) is 95.9 Å². The molecule has 38 heavy (non-hydrogen) atoms. The average molecular weight is 570 g/mol. The average Bonchev–Trinajstić information content (AvgIpc) is 2.91. The number of fused-ring (bicyclic) bond motifs is 1. The van der Waals surface area contributed by atoms with Gasteiger partial charge in [0.15, 0.2) is 11.5 Å². The van der Waals surface area contributed by atoms with Crippen molar-refractivity contribution in [3.8, 4) is 11.5 Å². The van der Waals surface area contributed by atoms with E-state index in [4.69, 9.17) is 32.7 Å². The van der Waals surface area contributed by atoms with Crippen LogP contribution in [0.4, 0.5) is 5.69 Å². The third kappa shape index (κ3) is 5.47. The number of hydrogen-bond donors (Lipinski definition) is 1. The third-order valence-electron chi connectivity index (χ3n) is 6.22. The van der Waals surface area contributed by atoms with Gasteiger partial charge in [0.05, 0.1) is 12.3 Å². The zero-order valence-corrected chi connectivity index (χ0v) is 22.9. The van der Waals surface area contributed by atoms with Gasteiger partial charge in [-0.2, -0.15) is 4.31 Å². The van der Waals surface area contributed by atoms with Crippen molar-refractivity contribution in [2.45, 2.75) is 31.1 Å². The summed E-state index contributed by atoms with van der Waals surface area (Å²) in [5.41, 5.74) is 2.94. The van der Waals surface area contributed by atoms with Gasteiger partial charge in [-0.05, 0) is 54.4 Å². The van der Waals surface area contributed by atoms with Gasteiger partial charge in [-0.1, -0.05) is 77.8 Å². The van der Waals surface area contributed by atoms with Crippen molar-refractivity contribution in [3.05, 3.63) is 118 Å². The Morgan fingerprint density at radius 2 is 1.63 bits per heavy atom. The molecule has 0 fully saturated rings. The van der Waals surface area contributed by atoms with Gasteiger partial charge in [-0.3, -0.25) is 0 Å². The Morgan fingerprint density at radius 1 is 0.868 bits per heavy atom. The SMILES string of the molecule is CCOc1cc([C@@H]2Nc3ccccc3S(=O)(=O)N2Cc2ccccc2)ccc1OCc1ccc(Cl)cc1Cl. The minimum Gasteiger partial charge on any atom is -0.490 e. The van der Waals surface area contributed by atoms with E-state index in [9.17, 15) is 8.42 Å². The van der Waals surface area contributed by atoms with E-state index in [1.54, 1.807) is 36.4 Å². The molecule has 0 aliphatic carbocycles. The van der Waals surface area contributed by atoms with E-state index < -0.39 is 16.2 Å². The van der Waals surface area contributed by atoms with Crippen molar-refractivity contribution in [2.24, 2.45) is 0 Å². The maximum atomic E-state index is 13.8. The van der Waals surface area contributed by atoms with Gasteiger partial charge in [0.25, 0.3) is 0 Å². The van der Waals surface area contributed by atoms with E-state index >= 15 is 0 Å². The van der Waals surface area contributed by atoms with Crippen LogP contribution in [-0.4, -0.2) is 19.3 Å². The molecule has 0 bridgehead atoms. The first kappa shape index (κ1) is 26.4. The molecular formula is C29H26Cl2N2O4S. The minimum absolute atomic E-state index is 0.201. The molecular weight excluding hydrogens is 543 g/mol. The normalized spacial score (nSPS) is 16.3. The lowest BCUT2D eigenvalue weighted by atomic mass is 10.1. The Bertz CT molecular complexity index is 1550. The van der Waals surface area contributed by atoms with Crippen molar-refractivity contribution < 1.29 is 17.9 Å². The lowest BCUT2D eigenvalue weighted by molar-refractivity contribution is 0.268. The number of anilines is 1. The van der Waals surface area contributed by atoms with Crippen LogP contribution in [-0.2, 0) is 23.2 Å². The summed E-state index contributed by atoms with van der Waals surface area (Å²) >= 11 is 12.3. The van der Waals surface area contributed by atoms with Gasteiger partial charge in [0.2, 0.25) is 10.0 Å². The maximum absolute atomic E-state index is 13.8. The van der Waals surface area contributed by atoms with Crippen molar-refractivity contribution >= 4 is 38.9 Å². The van der Waals surface area contributed by atoms with Crippen molar-refractivity contribution in [3.63, 3.8) is 0 Å². The summed E-state index contributed by atoms with van der Waals surface area (Å²) in [4.78, 5) is 0.247. The summed E-state index contributed by atoms with van der Waals surface area (Å²) in [6.45, 7) is 2.72. The summed E-state index contributed by atoms with van der Waals surface area (Å²) in [5, 5.41) is 4.48. The zero-order valence-electron chi connectivity index (χ0n) is 20.6. The minimum atomic E-state index is -3.79. The Balaban J connectivity index is 1.50. The molecule has 1 heterocycles. The molecule has 0 amide bonds. The number of nitrogens with one attached hydrogen (secondary N) is 1. The number of nitrogens with zero attached hydrogens (tertiary/aromatic N) is 1. The standard InChI is InChI=1S/C29H26Cl2N2O4S/c1-2-36-27-16-21(13-15-26(27)37-19-22-12-14-23(30)17-24(22)31)29-32-25-10-6-7-11-28(25)38(34,35)33(29)18-20-8-4-3-5-9-20/h3-17,29,32H,2,18-19H2,1H3/t29-/m1/s1. The molecule has 1 atom stereocenters. The van der Waals surface area contributed by atoms with E-state index in [-0.39, 0.29) is 18.0 Å². The van der Waals surface area contributed by atoms with E-state index in [0.717, 1.165) is 16.7 Å². The number of para-hydroxylation sites is 1. The molecule has 4 aromatic carbocycles. The molecule has 0 saturated carbocycles. The summed E-state index contributed by atoms with van der Waals surface area (Å²) in [6, 6.07) is 27.2. The van der Waals surface area contributed by atoms with Crippen LogP contribution >= 0.6 is 23.2 Å². The van der Waals surface area contributed by atoms with Gasteiger partial charge in [-0.25, -0.2) is 8.42 Å². The molecule has 1 N–H and O–H groups in total. The van der Waals surface area contributed by atoms with E-state index in [2.05, 4.69) is 5.32 Å². The molecule has 196 valence electrons. The zero-order chi connectivity index (χ0) is 26.7. The van der Waals surface area contributed by atoms with Gasteiger partial charge in [0, 0.05) is 22.2 Å². The molecule has 0 spiro atoms. The lowest BCUT2D eigenvalue weighted by Crippen LogP contribution is -2.42. The Labute approximate surface area is 232 Å². The van der Waals surface area contributed by atoms with Crippen LogP contribution in [0, 0.1) is 0 Å². The van der Waals surface area contributed by atoms with E-state index in [1.807, 2.05) is 61.5 Å². The van der Waals surface area contributed by atoms with Crippen molar-refractivity contribution in [1.29, 1.82) is 0 Å². The lowest BCUT2D eigenvalue weighted by Gasteiger charge is -2.37. The molecule has 1 aliphatic rings. The second kappa shape index (κ2) is 11.3. The highest BCUT2D eigenvalue weighted by Gasteiger charge is 2.39. The summed E-state index contributed by atoms with van der Waals surface area (Å²) in [5.74, 6) is 1.03. The van der Waals surface area contributed by atoms with Crippen LogP contribution in [0.5, 0.6) is 11.5 Å². The largest absolute Gasteiger partial charge is 0.490 e. The van der Waals surface area contributed by atoms with Gasteiger partial charge in [-0.15, -0.1) is 0 Å². The highest BCUT2D eigenvalue weighted by Crippen LogP contribution is 2.41. The first-order valence-electron chi connectivity index (χ1n) is 12.1. The third-order valence-corrected chi connectivity index (χ3v) is 8.67. The van der Waals surface area contributed by atoms with Gasteiger partial charge < -0.3 is 14.8 Å². The molecule has 4 aromatic rings. The second-order valence-electron chi connectivity index (χ2n) is 8.74. The Hall–Kier alpha value is -3.23. The summed E-state index contributed by atoms with van der Waals surface area (Å²) in [7, 11) is -3.79. The molecule has 0 unspecified atom stereocenters. The fourth-order valence-electron chi connectivity index (χ4n) is 4.36. The second-order valence-corrected chi connectivity index (χ2v) is 11.4. The number of hydrogen-bond acceptors (Lipinski definition) is 5. The van der Waals surface area contributed by atoms with Gasteiger partial charge >= 0.3 is 0 Å². The highest BCUT2D eigenvalue weighted by molar-refractivity contribution is 7.89. The van der Waals surface area contributed by atoms with E-state index in [1.165, 1.54) is 4.31 Å². The first-order chi connectivity index (χ1) is 18.4. The van der Waals surface area contributed by atoms with Crippen LogP contribution in [0.25, 0.3) is 0 Å². The number of halogens is 2. The smallest absolute Gasteiger partial charge is 0.247 e. The monoisotopic (exact) mass is 568 g/mol. The number of ether oxygens (including phenoxy) is 2. The summed E-state index contributed by atoms with van der Waals surface area (Å²) in [6.07, 6.45) is -0.658. The number of benzene rings is 4. The number of rotatable bonds is 8. The van der Waals surface area contributed by atoms with Crippen molar-refractivity contribution in [2.75, 3.05) is 11.9 Å². The predicted molar refractivity (Wildman–Crippen MR) is 150 cm³/mol. The van der Waals surface area contributed by atoms with E-state index in [0.29, 0.717) is 33.8 Å². The van der Waals surface area contributed by atoms with Crippen LogP contribution < -0.4 is 14.8 Å². The van der Waals surface area contributed by atoms with Crippen molar-refractivity contribution in [1.82, 2.24) is 4.31 Å². The molecule has 9 heteroatoms. The topological polar surface area (TPSA) is 67.9 Å². The molecule has 6 nitrogen and oxygen atoms in total. The Morgan fingerprint density at radius 3 is 2.39 bits per heavy atom. The van der Waals surface area contributed by atoms with Crippen LogP contribution in [0.1, 0.15) is 29.8 Å². The number of sulfonamides is 1. The fraction of sp³-hybridized carbons (Fsp3) is 0.172. The molecule has 0 saturated heterocycles. The molecule has 1 aliphatic heterocycles. The summed E-state index contributed by atoms with van der Waals surface area (Å²) < 4.78 is 41.0. The quantitative estimate of drug-likeness (QED) is 0.242. The van der Waals surface area contributed by atoms with Gasteiger partial charge in [0.1, 0.15) is 17.7 Å². The Kier molecular flexibility index (Phi) is 7.81. The highest BCUT2D eigenvalue weighted by atomic mass is 35.5. The first-order valence-corrected chi connectivity index (χ1v) is 14.3. The maximum Gasteiger partial charge on any atom is 0.247 e. The predicted octanol–water partition coefficient (Wildman–Crippen LogP) is 7.29. The molecule has 0 aromatic heterocycles.